The first-order valence-electron chi connectivity index (χ1n) is 6.62. The first-order chi connectivity index (χ1) is 10.8. The van der Waals surface area contributed by atoms with Gasteiger partial charge in [0.05, 0.1) is 11.7 Å². The van der Waals surface area contributed by atoms with Gasteiger partial charge in [0.15, 0.2) is 23.4 Å². The van der Waals surface area contributed by atoms with Crippen LogP contribution < -0.4 is 0 Å². The van der Waals surface area contributed by atoms with Gasteiger partial charge in [-0.05, 0) is 17.7 Å². The molecular weight excluding hydrogens is 308 g/mol. The Morgan fingerprint density at radius 2 is 1.61 bits per heavy atom. The minimum absolute atomic E-state index is 0.225. The van der Waals surface area contributed by atoms with Crippen molar-refractivity contribution >= 4 is 11.6 Å². The van der Waals surface area contributed by atoms with Gasteiger partial charge in [-0.2, -0.15) is 0 Å². The van der Waals surface area contributed by atoms with E-state index in [0.29, 0.717) is 0 Å². The minimum Gasteiger partial charge on any atom is -0.504 e. The molecule has 5 N–H and O–H groups in total. The topological polar surface area (TPSA) is 145 Å². The number of hydrogen-bond acceptors (Lipinski definition) is 8. The van der Waals surface area contributed by atoms with E-state index in [4.69, 9.17) is 4.74 Å². The lowest BCUT2D eigenvalue weighted by Gasteiger charge is -2.33. The molecule has 0 fully saturated rings. The molecule has 0 amide bonds. The second kappa shape index (κ2) is 5.03. The van der Waals surface area contributed by atoms with Gasteiger partial charge in [0, 0.05) is 6.42 Å². The number of hydrogen-bond donors (Lipinski definition) is 5. The smallest absolute Gasteiger partial charge is 0.266 e. The summed E-state index contributed by atoms with van der Waals surface area (Å²) in [6.45, 7) is 0. The van der Waals surface area contributed by atoms with Crippen molar-refractivity contribution in [2.45, 2.75) is 18.6 Å². The highest BCUT2D eigenvalue weighted by Crippen LogP contribution is 2.40. The Hall–Kier alpha value is -3.00. The zero-order valence-corrected chi connectivity index (χ0v) is 11.6. The number of aliphatic hydroxyl groups excluding tert-OH is 3. The van der Waals surface area contributed by atoms with Gasteiger partial charge in [-0.1, -0.05) is 6.07 Å². The number of ether oxygens (including phenoxy) is 1. The molecule has 1 aromatic carbocycles. The van der Waals surface area contributed by atoms with Gasteiger partial charge in [-0.25, -0.2) is 0 Å². The molecule has 23 heavy (non-hydrogen) atoms. The van der Waals surface area contributed by atoms with Crippen molar-refractivity contribution in [1.82, 2.24) is 0 Å². The Labute approximate surface area is 129 Å². The van der Waals surface area contributed by atoms with E-state index in [1.807, 2.05) is 0 Å². The highest BCUT2D eigenvalue weighted by molar-refractivity contribution is 6.22. The Bertz CT molecular complexity index is 789. The largest absolute Gasteiger partial charge is 0.504 e. The Balaban J connectivity index is 2.00. The SMILES string of the molecule is O=C1C(O)=C(O)C(=O)C2=C1C[C@H](O)[C@@H](c1ccc(O)c(O)c1)O2. The van der Waals surface area contributed by atoms with E-state index in [9.17, 15) is 35.1 Å². The van der Waals surface area contributed by atoms with Crippen LogP contribution in [-0.2, 0) is 14.3 Å². The van der Waals surface area contributed by atoms with Gasteiger partial charge >= 0.3 is 0 Å². The molecule has 8 heteroatoms. The van der Waals surface area contributed by atoms with Crippen LogP contribution in [0.1, 0.15) is 18.1 Å². The number of carbonyl (C=O) groups excluding carboxylic acids is 2. The normalized spacial score (nSPS) is 24.6. The van der Waals surface area contributed by atoms with E-state index in [0.717, 1.165) is 6.07 Å². The molecule has 0 unspecified atom stereocenters. The van der Waals surface area contributed by atoms with Crippen LogP contribution in [0, 0.1) is 0 Å². The summed E-state index contributed by atoms with van der Waals surface area (Å²) in [4.78, 5) is 23.8. The van der Waals surface area contributed by atoms with E-state index in [2.05, 4.69) is 0 Å². The van der Waals surface area contributed by atoms with E-state index in [1.165, 1.54) is 12.1 Å². The third-order valence-corrected chi connectivity index (χ3v) is 3.74. The van der Waals surface area contributed by atoms with E-state index in [-0.39, 0.29) is 23.3 Å². The second-order valence-electron chi connectivity index (χ2n) is 5.22. The lowest BCUT2D eigenvalue weighted by Crippen LogP contribution is -2.35. The molecule has 2 atom stereocenters. The second-order valence-corrected chi connectivity index (χ2v) is 5.22. The quantitative estimate of drug-likeness (QED) is 0.375. The van der Waals surface area contributed by atoms with Crippen LogP contribution in [0.5, 0.6) is 11.5 Å². The van der Waals surface area contributed by atoms with Crippen molar-refractivity contribution in [3.63, 3.8) is 0 Å². The van der Waals surface area contributed by atoms with Gasteiger partial charge in [0.2, 0.25) is 17.3 Å². The molecule has 1 heterocycles. The van der Waals surface area contributed by atoms with E-state index in [1.54, 1.807) is 0 Å². The van der Waals surface area contributed by atoms with Crippen LogP contribution in [0.2, 0.25) is 0 Å². The Morgan fingerprint density at radius 1 is 0.957 bits per heavy atom. The number of carbonyl (C=O) groups is 2. The van der Waals surface area contributed by atoms with Crippen LogP contribution in [0.15, 0.2) is 41.0 Å². The summed E-state index contributed by atoms with van der Waals surface area (Å²) in [6.07, 6.45) is -2.60. The van der Waals surface area contributed by atoms with Gasteiger partial charge in [-0.15, -0.1) is 0 Å². The van der Waals surface area contributed by atoms with Crippen molar-refractivity contribution in [3.05, 3.63) is 46.6 Å². The summed E-state index contributed by atoms with van der Waals surface area (Å²) in [5.74, 6) is -5.49. The number of benzene rings is 1. The molecule has 0 aromatic heterocycles. The first-order valence-corrected chi connectivity index (χ1v) is 6.62. The number of Topliss-reactive ketones (excluding diaryl/α,β-unsaturated/α-hetero) is 2. The maximum absolute atomic E-state index is 11.9. The number of ketones is 2. The molecular formula is C15H12O8. The maximum atomic E-state index is 11.9. The number of phenols is 2. The number of phenolic OH excluding ortho intramolecular Hbond substituents is 2. The molecule has 0 bridgehead atoms. The van der Waals surface area contributed by atoms with Crippen LogP contribution in [0.3, 0.4) is 0 Å². The molecule has 120 valence electrons. The van der Waals surface area contributed by atoms with E-state index >= 15 is 0 Å². The van der Waals surface area contributed by atoms with Crippen molar-refractivity contribution < 1.29 is 39.9 Å². The predicted molar refractivity (Wildman–Crippen MR) is 73.5 cm³/mol. The summed E-state index contributed by atoms with van der Waals surface area (Å²) in [7, 11) is 0. The minimum atomic E-state index is -1.23. The Kier molecular flexibility index (Phi) is 3.26. The summed E-state index contributed by atoms with van der Waals surface area (Å²) in [5, 5.41) is 47.9. The number of aliphatic hydroxyl groups is 3. The molecule has 0 radical (unpaired) electrons. The van der Waals surface area contributed by atoms with E-state index < -0.39 is 46.8 Å². The molecule has 0 saturated carbocycles. The summed E-state index contributed by atoms with van der Waals surface area (Å²) in [6, 6.07) is 3.70. The zero-order chi connectivity index (χ0) is 16.9. The van der Waals surface area contributed by atoms with Crippen LogP contribution in [-0.4, -0.2) is 43.2 Å². The van der Waals surface area contributed by atoms with Crippen LogP contribution >= 0.6 is 0 Å². The van der Waals surface area contributed by atoms with Crippen LogP contribution in [0.4, 0.5) is 0 Å². The summed E-state index contributed by atoms with van der Waals surface area (Å²) in [5.41, 5.74) is 0.0370. The average molecular weight is 320 g/mol. The van der Waals surface area contributed by atoms with Gasteiger partial charge in [0.25, 0.3) is 5.78 Å². The Morgan fingerprint density at radius 3 is 2.26 bits per heavy atom. The number of rotatable bonds is 1. The summed E-state index contributed by atoms with van der Waals surface area (Å²) >= 11 is 0. The third kappa shape index (κ3) is 2.20. The monoisotopic (exact) mass is 320 g/mol. The van der Waals surface area contributed by atoms with Crippen molar-refractivity contribution in [1.29, 1.82) is 0 Å². The molecule has 3 rings (SSSR count). The number of allylic oxidation sites excluding steroid dienone is 1. The fourth-order valence-electron chi connectivity index (χ4n) is 2.55. The van der Waals surface area contributed by atoms with Gasteiger partial charge in [-0.3, -0.25) is 9.59 Å². The zero-order valence-electron chi connectivity index (χ0n) is 11.6. The standard InChI is InChI=1S/C15H12O8/c16-7-2-1-5(3-8(7)17)14-9(18)4-6-10(19)11(20)12(21)13(22)15(6)23-14/h1-3,9,14,16-18,20-21H,4H2/t9-,14+/m0/s1. The first kappa shape index (κ1) is 14.9. The van der Waals surface area contributed by atoms with Crippen molar-refractivity contribution in [3.8, 4) is 11.5 Å². The lowest BCUT2D eigenvalue weighted by molar-refractivity contribution is -0.128. The molecule has 0 spiro atoms. The molecule has 8 nitrogen and oxygen atoms in total. The number of aromatic hydroxyl groups is 2. The summed E-state index contributed by atoms with van der Waals surface area (Å²) < 4.78 is 5.35. The molecule has 1 aromatic rings. The van der Waals surface area contributed by atoms with Crippen LogP contribution in [0.25, 0.3) is 0 Å². The van der Waals surface area contributed by atoms with Crippen molar-refractivity contribution in [2.75, 3.05) is 0 Å². The average Bonchev–Trinajstić information content (AvgIpc) is 2.53. The fourth-order valence-corrected chi connectivity index (χ4v) is 2.55. The molecule has 0 saturated heterocycles. The fraction of sp³-hybridized carbons (Fsp3) is 0.200. The molecule has 2 aliphatic rings. The predicted octanol–water partition coefficient (Wildman–Crippen LogP) is 0.654. The molecule has 1 aliphatic heterocycles. The lowest BCUT2D eigenvalue weighted by atomic mass is 9.88. The van der Waals surface area contributed by atoms with Gasteiger partial charge < -0.3 is 30.3 Å². The maximum Gasteiger partial charge on any atom is 0.266 e. The van der Waals surface area contributed by atoms with Crippen molar-refractivity contribution in [2.24, 2.45) is 0 Å². The highest BCUT2D eigenvalue weighted by atomic mass is 16.5. The highest BCUT2D eigenvalue weighted by Gasteiger charge is 2.43. The third-order valence-electron chi connectivity index (χ3n) is 3.74. The van der Waals surface area contributed by atoms with Gasteiger partial charge in [0.1, 0.15) is 0 Å². The molecule has 1 aliphatic carbocycles.